The van der Waals surface area contributed by atoms with Gasteiger partial charge >= 0.3 is 0 Å². The monoisotopic (exact) mass is 289 g/mol. The highest BCUT2D eigenvalue weighted by atomic mass is 14.6. The number of hydrogen-bond acceptors (Lipinski definition) is 1. The SMILES string of the molecule is C=C(CCC(=C)c1ccc2c(c1)CCCC2)c1cccnc1. The smallest absolute Gasteiger partial charge is 0.0342 e. The van der Waals surface area contributed by atoms with Gasteiger partial charge in [-0.1, -0.05) is 37.4 Å². The third-order valence-electron chi connectivity index (χ3n) is 4.56. The van der Waals surface area contributed by atoms with Crippen molar-refractivity contribution in [1.82, 2.24) is 4.98 Å². The van der Waals surface area contributed by atoms with Crippen molar-refractivity contribution in [1.29, 1.82) is 0 Å². The van der Waals surface area contributed by atoms with Crippen LogP contribution in [0, 0.1) is 0 Å². The molecule has 0 N–H and O–H groups in total. The summed E-state index contributed by atoms with van der Waals surface area (Å²) in [4.78, 5) is 4.16. The van der Waals surface area contributed by atoms with Gasteiger partial charge in [0.1, 0.15) is 0 Å². The number of benzene rings is 1. The molecule has 1 aromatic heterocycles. The minimum Gasteiger partial charge on any atom is -0.264 e. The van der Waals surface area contributed by atoms with Crippen LogP contribution in [-0.4, -0.2) is 4.98 Å². The van der Waals surface area contributed by atoms with Crippen LogP contribution in [-0.2, 0) is 12.8 Å². The van der Waals surface area contributed by atoms with Crippen LogP contribution in [0.15, 0.2) is 55.9 Å². The maximum atomic E-state index is 4.28. The zero-order valence-corrected chi connectivity index (χ0v) is 13.1. The molecule has 0 aliphatic heterocycles. The Kier molecular flexibility index (Phi) is 4.53. The molecule has 3 rings (SSSR count). The largest absolute Gasteiger partial charge is 0.264 e. The maximum absolute atomic E-state index is 4.28. The van der Waals surface area contributed by atoms with Crippen LogP contribution in [0.4, 0.5) is 0 Å². The highest BCUT2D eigenvalue weighted by Crippen LogP contribution is 2.28. The summed E-state index contributed by atoms with van der Waals surface area (Å²) in [5.41, 5.74) is 7.81. The summed E-state index contributed by atoms with van der Waals surface area (Å²) < 4.78 is 0. The number of fused-ring (bicyclic) bond motifs is 1. The molecule has 1 nitrogen and oxygen atoms in total. The number of aryl methyl sites for hydroxylation is 2. The van der Waals surface area contributed by atoms with Gasteiger partial charge in [-0.05, 0) is 78.0 Å². The van der Waals surface area contributed by atoms with E-state index in [2.05, 4.69) is 42.4 Å². The van der Waals surface area contributed by atoms with Gasteiger partial charge in [-0.2, -0.15) is 0 Å². The lowest BCUT2D eigenvalue weighted by molar-refractivity contribution is 0.685. The van der Waals surface area contributed by atoms with Crippen molar-refractivity contribution in [2.24, 2.45) is 0 Å². The molecule has 1 heteroatoms. The van der Waals surface area contributed by atoms with Crippen molar-refractivity contribution in [3.05, 3.63) is 78.1 Å². The lowest BCUT2D eigenvalue weighted by Crippen LogP contribution is -2.03. The van der Waals surface area contributed by atoms with Crippen molar-refractivity contribution in [2.45, 2.75) is 38.5 Å². The summed E-state index contributed by atoms with van der Waals surface area (Å²) in [6, 6.07) is 10.9. The zero-order valence-electron chi connectivity index (χ0n) is 13.1. The molecule has 22 heavy (non-hydrogen) atoms. The molecule has 112 valence electrons. The van der Waals surface area contributed by atoms with Gasteiger partial charge in [0.25, 0.3) is 0 Å². The second-order valence-electron chi connectivity index (χ2n) is 6.14. The molecule has 0 atom stereocenters. The maximum Gasteiger partial charge on any atom is 0.0342 e. The number of pyridine rings is 1. The van der Waals surface area contributed by atoms with E-state index < -0.39 is 0 Å². The minimum absolute atomic E-state index is 0.932. The van der Waals surface area contributed by atoms with E-state index >= 15 is 0 Å². The van der Waals surface area contributed by atoms with Crippen molar-refractivity contribution in [2.75, 3.05) is 0 Å². The first kappa shape index (κ1) is 14.8. The van der Waals surface area contributed by atoms with E-state index in [0.29, 0.717) is 0 Å². The predicted molar refractivity (Wildman–Crippen MR) is 94.6 cm³/mol. The highest BCUT2D eigenvalue weighted by molar-refractivity contribution is 5.69. The Balaban J connectivity index is 1.64. The van der Waals surface area contributed by atoms with Gasteiger partial charge in [0.05, 0.1) is 0 Å². The third kappa shape index (κ3) is 3.36. The van der Waals surface area contributed by atoms with Crippen LogP contribution < -0.4 is 0 Å². The molecular formula is C21H23N. The predicted octanol–water partition coefficient (Wildman–Crippen LogP) is 5.47. The van der Waals surface area contributed by atoms with Crippen LogP contribution in [0.5, 0.6) is 0 Å². The first-order valence-corrected chi connectivity index (χ1v) is 8.12. The number of aromatic nitrogens is 1. The van der Waals surface area contributed by atoms with Gasteiger partial charge < -0.3 is 0 Å². The minimum atomic E-state index is 0.932. The van der Waals surface area contributed by atoms with Gasteiger partial charge in [-0.15, -0.1) is 0 Å². The van der Waals surface area contributed by atoms with E-state index in [1.807, 2.05) is 12.3 Å². The molecule has 0 saturated heterocycles. The fourth-order valence-electron chi connectivity index (χ4n) is 3.12. The molecule has 1 aliphatic carbocycles. The number of hydrogen-bond donors (Lipinski definition) is 0. The molecule has 0 fully saturated rings. The Hall–Kier alpha value is -2.15. The van der Waals surface area contributed by atoms with E-state index in [-0.39, 0.29) is 0 Å². The highest BCUT2D eigenvalue weighted by Gasteiger charge is 2.10. The molecule has 0 amide bonds. The summed E-state index contributed by atoms with van der Waals surface area (Å²) in [5, 5.41) is 0. The zero-order chi connectivity index (χ0) is 15.4. The molecule has 0 spiro atoms. The van der Waals surface area contributed by atoms with E-state index in [1.165, 1.54) is 47.9 Å². The average Bonchev–Trinajstić information content (AvgIpc) is 2.59. The van der Waals surface area contributed by atoms with Crippen LogP contribution in [0.25, 0.3) is 11.1 Å². The molecule has 0 unspecified atom stereocenters. The fraction of sp³-hybridized carbons (Fsp3) is 0.286. The molecule has 1 aromatic carbocycles. The molecule has 2 aromatic rings. The Morgan fingerprint density at radius 3 is 2.36 bits per heavy atom. The number of rotatable bonds is 5. The van der Waals surface area contributed by atoms with Crippen molar-refractivity contribution >= 4 is 11.1 Å². The normalized spacial score (nSPS) is 13.5. The van der Waals surface area contributed by atoms with Gasteiger partial charge in [-0.25, -0.2) is 0 Å². The molecule has 1 heterocycles. The molecule has 1 aliphatic rings. The third-order valence-corrected chi connectivity index (χ3v) is 4.56. The Morgan fingerprint density at radius 1 is 0.909 bits per heavy atom. The number of allylic oxidation sites excluding steroid dienone is 2. The Morgan fingerprint density at radius 2 is 1.64 bits per heavy atom. The summed E-state index contributed by atoms with van der Waals surface area (Å²) >= 11 is 0. The van der Waals surface area contributed by atoms with E-state index in [1.54, 1.807) is 6.20 Å². The molecular weight excluding hydrogens is 266 g/mol. The van der Waals surface area contributed by atoms with Crippen LogP contribution >= 0.6 is 0 Å². The molecule has 0 saturated carbocycles. The molecule has 0 bridgehead atoms. The lowest BCUT2D eigenvalue weighted by Gasteiger charge is -2.17. The quantitative estimate of drug-likeness (QED) is 0.711. The summed E-state index contributed by atoms with van der Waals surface area (Å²) in [7, 11) is 0. The fourth-order valence-corrected chi connectivity index (χ4v) is 3.12. The van der Waals surface area contributed by atoms with Crippen molar-refractivity contribution in [3.63, 3.8) is 0 Å². The van der Waals surface area contributed by atoms with Crippen LogP contribution in [0.2, 0.25) is 0 Å². The summed E-state index contributed by atoms with van der Waals surface area (Å²) in [6.07, 6.45) is 10.7. The standard InChI is InChI=1S/C21H23N/c1-16(9-10-17(2)21-8-5-13-22-15-21)19-12-11-18-6-3-4-7-20(18)14-19/h5,8,11-15H,1-4,6-7,9-10H2. The summed E-state index contributed by atoms with van der Waals surface area (Å²) in [5.74, 6) is 0. The molecule has 0 radical (unpaired) electrons. The van der Waals surface area contributed by atoms with Gasteiger partial charge in [0, 0.05) is 12.4 Å². The van der Waals surface area contributed by atoms with Gasteiger partial charge in [0.15, 0.2) is 0 Å². The van der Waals surface area contributed by atoms with Crippen molar-refractivity contribution < 1.29 is 0 Å². The summed E-state index contributed by atoms with van der Waals surface area (Å²) in [6.45, 7) is 8.46. The van der Waals surface area contributed by atoms with Gasteiger partial charge in [0.2, 0.25) is 0 Å². The first-order chi connectivity index (χ1) is 10.7. The lowest BCUT2D eigenvalue weighted by atomic mass is 9.88. The van der Waals surface area contributed by atoms with Crippen LogP contribution in [0.1, 0.15) is 47.9 Å². The first-order valence-electron chi connectivity index (χ1n) is 8.12. The Bertz CT molecular complexity index is 682. The van der Waals surface area contributed by atoms with E-state index in [9.17, 15) is 0 Å². The second kappa shape index (κ2) is 6.74. The van der Waals surface area contributed by atoms with E-state index in [0.717, 1.165) is 24.0 Å². The topological polar surface area (TPSA) is 12.9 Å². The Labute approximate surface area is 133 Å². The van der Waals surface area contributed by atoms with Crippen molar-refractivity contribution in [3.8, 4) is 0 Å². The number of nitrogens with zero attached hydrogens (tertiary/aromatic N) is 1. The van der Waals surface area contributed by atoms with Gasteiger partial charge in [-0.3, -0.25) is 4.98 Å². The second-order valence-corrected chi connectivity index (χ2v) is 6.14. The van der Waals surface area contributed by atoms with E-state index in [4.69, 9.17) is 0 Å². The average molecular weight is 289 g/mol. The van der Waals surface area contributed by atoms with Crippen LogP contribution in [0.3, 0.4) is 0 Å².